The molecule has 0 aliphatic carbocycles. The lowest BCUT2D eigenvalue weighted by Crippen LogP contribution is -2.23. The van der Waals surface area contributed by atoms with E-state index in [-0.39, 0.29) is 23.4 Å². The third kappa shape index (κ3) is 3.60. The number of benzene rings is 1. The topological polar surface area (TPSA) is 88.4 Å². The van der Waals surface area contributed by atoms with E-state index in [0.717, 1.165) is 0 Å². The maximum absolute atomic E-state index is 12.1. The van der Waals surface area contributed by atoms with Gasteiger partial charge in [0.2, 0.25) is 5.91 Å². The van der Waals surface area contributed by atoms with Crippen molar-refractivity contribution in [2.45, 2.75) is 20.4 Å². The van der Waals surface area contributed by atoms with Crippen LogP contribution in [0, 0.1) is 13.8 Å². The molecule has 22 heavy (non-hydrogen) atoms. The number of hydrogen-bond donors (Lipinski definition) is 2. The lowest BCUT2D eigenvalue weighted by molar-refractivity contribution is -0.116. The maximum Gasteiger partial charge on any atom is 0.335 e. The molecule has 0 fully saturated rings. The summed E-state index contributed by atoms with van der Waals surface area (Å²) in [5, 5.41) is 11.5. The first-order valence-electron chi connectivity index (χ1n) is 6.68. The number of carbonyl (C=O) groups is 2. The zero-order valence-electron chi connectivity index (χ0n) is 12.3. The lowest BCUT2D eigenvalue weighted by atomic mass is 10.2. The van der Waals surface area contributed by atoms with Crippen molar-refractivity contribution in [2.75, 3.05) is 5.32 Å². The van der Waals surface area contributed by atoms with Gasteiger partial charge in [-0.25, -0.2) is 4.79 Å². The molecular formula is C16H16N2O4. The number of nitrogens with zero attached hydrogens (tertiary/aromatic N) is 1. The molecule has 1 amide bonds. The van der Waals surface area contributed by atoms with Gasteiger partial charge >= 0.3 is 5.97 Å². The molecule has 0 aliphatic rings. The van der Waals surface area contributed by atoms with Gasteiger partial charge in [-0.15, -0.1) is 0 Å². The second kappa shape index (κ2) is 6.26. The number of carbonyl (C=O) groups excluding carboxylic acids is 1. The Morgan fingerprint density at radius 2 is 1.64 bits per heavy atom. The summed E-state index contributed by atoms with van der Waals surface area (Å²) in [4.78, 5) is 34.2. The summed E-state index contributed by atoms with van der Waals surface area (Å²) in [6, 6.07) is 8.87. The van der Waals surface area contributed by atoms with E-state index in [1.54, 1.807) is 18.4 Å². The summed E-state index contributed by atoms with van der Waals surface area (Å²) in [5.74, 6) is -1.27. The smallest absolute Gasteiger partial charge is 0.335 e. The summed E-state index contributed by atoms with van der Waals surface area (Å²) in [5.41, 5.74) is 2.01. The predicted molar refractivity (Wildman–Crippen MR) is 82.2 cm³/mol. The van der Waals surface area contributed by atoms with Crippen molar-refractivity contribution in [3.05, 3.63) is 63.6 Å². The Bertz CT molecular complexity index is 749. The minimum Gasteiger partial charge on any atom is -0.478 e. The number of carboxylic acids is 1. The van der Waals surface area contributed by atoms with Gasteiger partial charge in [-0.05, 0) is 38.1 Å². The molecule has 6 nitrogen and oxygen atoms in total. The number of nitrogens with one attached hydrogen (secondary N) is 1. The molecule has 0 aliphatic heterocycles. The molecule has 0 saturated carbocycles. The summed E-state index contributed by atoms with van der Waals surface area (Å²) >= 11 is 0. The van der Waals surface area contributed by atoms with Crippen LogP contribution in [0.4, 0.5) is 5.69 Å². The number of anilines is 1. The first-order valence-corrected chi connectivity index (χ1v) is 6.68. The summed E-state index contributed by atoms with van der Waals surface area (Å²) in [6.45, 7) is 3.62. The monoisotopic (exact) mass is 300 g/mol. The maximum atomic E-state index is 12.1. The molecule has 2 rings (SSSR count). The third-order valence-corrected chi connectivity index (χ3v) is 3.27. The molecule has 0 radical (unpaired) electrons. The van der Waals surface area contributed by atoms with Crippen LogP contribution in [0.15, 0.2) is 41.2 Å². The minimum atomic E-state index is -1.02. The zero-order valence-corrected chi connectivity index (χ0v) is 12.3. The van der Waals surface area contributed by atoms with Crippen LogP contribution in [-0.2, 0) is 11.3 Å². The average Bonchev–Trinajstić information content (AvgIpc) is 2.43. The number of hydrogen-bond acceptors (Lipinski definition) is 3. The molecule has 1 aromatic carbocycles. The second-order valence-electron chi connectivity index (χ2n) is 4.99. The van der Waals surface area contributed by atoms with Gasteiger partial charge < -0.3 is 15.0 Å². The normalized spacial score (nSPS) is 10.3. The number of amides is 1. The Hall–Kier alpha value is -2.89. The van der Waals surface area contributed by atoms with Crippen LogP contribution in [-0.4, -0.2) is 21.6 Å². The quantitative estimate of drug-likeness (QED) is 0.901. The van der Waals surface area contributed by atoms with Gasteiger partial charge in [0.05, 0.1) is 5.56 Å². The largest absolute Gasteiger partial charge is 0.478 e. The van der Waals surface area contributed by atoms with Crippen molar-refractivity contribution in [3.8, 4) is 0 Å². The molecule has 1 aromatic heterocycles. The predicted octanol–water partition coefficient (Wildman–Crippen LogP) is 1.80. The summed E-state index contributed by atoms with van der Waals surface area (Å²) < 4.78 is 1.74. The molecular weight excluding hydrogens is 284 g/mol. The van der Waals surface area contributed by atoms with Crippen LogP contribution in [0.2, 0.25) is 0 Å². The summed E-state index contributed by atoms with van der Waals surface area (Å²) in [6.07, 6.45) is 0. The number of carboxylic acid groups (broad SMARTS) is 1. The summed E-state index contributed by atoms with van der Waals surface area (Å²) in [7, 11) is 0. The highest BCUT2D eigenvalue weighted by molar-refractivity contribution is 5.92. The van der Waals surface area contributed by atoms with Crippen LogP contribution in [0.1, 0.15) is 21.7 Å². The van der Waals surface area contributed by atoms with Crippen LogP contribution in [0.3, 0.4) is 0 Å². The fourth-order valence-electron chi connectivity index (χ4n) is 2.18. The molecule has 0 saturated heterocycles. The van der Waals surface area contributed by atoms with Crippen LogP contribution in [0.25, 0.3) is 0 Å². The van der Waals surface area contributed by atoms with Gasteiger partial charge in [0.1, 0.15) is 6.54 Å². The highest BCUT2D eigenvalue weighted by Gasteiger charge is 2.08. The van der Waals surface area contributed by atoms with Crippen molar-refractivity contribution >= 4 is 17.6 Å². The lowest BCUT2D eigenvalue weighted by Gasteiger charge is -2.14. The van der Waals surface area contributed by atoms with Crippen molar-refractivity contribution in [1.29, 1.82) is 0 Å². The highest BCUT2D eigenvalue weighted by Crippen LogP contribution is 2.10. The Labute approximate surface area is 127 Å². The van der Waals surface area contributed by atoms with E-state index in [1.165, 1.54) is 36.4 Å². The first kappa shape index (κ1) is 15.5. The van der Waals surface area contributed by atoms with Crippen molar-refractivity contribution in [3.63, 3.8) is 0 Å². The van der Waals surface area contributed by atoms with Crippen molar-refractivity contribution in [1.82, 2.24) is 4.57 Å². The van der Waals surface area contributed by atoms with Crippen molar-refractivity contribution < 1.29 is 14.7 Å². The first-order chi connectivity index (χ1) is 10.4. The van der Waals surface area contributed by atoms with Gasteiger partial charge in [0.25, 0.3) is 0 Å². The van der Waals surface area contributed by atoms with Gasteiger partial charge in [-0.1, -0.05) is 0 Å². The van der Waals surface area contributed by atoms with E-state index in [4.69, 9.17) is 5.11 Å². The number of aryl methyl sites for hydroxylation is 2. The molecule has 6 heteroatoms. The molecule has 0 unspecified atom stereocenters. The Morgan fingerprint density at radius 1 is 1.09 bits per heavy atom. The fourth-order valence-corrected chi connectivity index (χ4v) is 2.18. The highest BCUT2D eigenvalue weighted by atomic mass is 16.4. The Morgan fingerprint density at radius 3 is 2.14 bits per heavy atom. The number of aromatic carboxylic acids is 1. The van der Waals surface area contributed by atoms with Gasteiger partial charge in [-0.3, -0.25) is 9.59 Å². The van der Waals surface area contributed by atoms with E-state index < -0.39 is 5.97 Å². The standard InChI is InChI=1S/C16H16N2O4/c1-10-7-14(19)8-11(2)18(10)9-15(20)17-13-5-3-12(4-6-13)16(21)22/h3-8H,9H2,1-2H3,(H,17,20)(H,21,22). The molecule has 0 spiro atoms. The van der Waals surface area contributed by atoms with Gasteiger partial charge in [0, 0.05) is 29.2 Å². The van der Waals surface area contributed by atoms with E-state index >= 15 is 0 Å². The average molecular weight is 300 g/mol. The molecule has 2 N–H and O–H groups in total. The van der Waals surface area contributed by atoms with Crippen LogP contribution >= 0.6 is 0 Å². The fraction of sp³-hybridized carbons (Fsp3) is 0.188. The van der Waals surface area contributed by atoms with E-state index in [2.05, 4.69) is 5.32 Å². The van der Waals surface area contributed by atoms with Crippen molar-refractivity contribution in [2.24, 2.45) is 0 Å². The minimum absolute atomic E-state index is 0.0820. The second-order valence-corrected chi connectivity index (χ2v) is 4.99. The Balaban J connectivity index is 2.10. The SMILES string of the molecule is Cc1cc(=O)cc(C)n1CC(=O)Nc1ccc(C(=O)O)cc1. The molecule has 0 atom stereocenters. The van der Waals surface area contributed by atoms with E-state index in [1.807, 2.05) is 0 Å². The number of pyridine rings is 1. The third-order valence-electron chi connectivity index (χ3n) is 3.27. The van der Waals surface area contributed by atoms with Gasteiger partial charge in [-0.2, -0.15) is 0 Å². The van der Waals surface area contributed by atoms with Gasteiger partial charge in [0.15, 0.2) is 5.43 Å². The van der Waals surface area contributed by atoms with E-state index in [0.29, 0.717) is 17.1 Å². The number of rotatable bonds is 4. The molecule has 1 heterocycles. The Kier molecular flexibility index (Phi) is 4.41. The zero-order chi connectivity index (χ0) is 16.3. The van der Waals surface area contributed by atoms with Crippen LogP contribution in [0.5, 0.6) is 0 Å². The molecule has 114 valence electrons. The number of aromatic nitrogens is 1. The molecule has 0 bridgehead atoms. The van der Waals surface area contributed by atoms with E-state index in [9.17, 15) is 14.4 Å². The molecule has 2 aromatic rings. The van der Waals surface area contributed by atoms with Crippen LogP contribution < -0.4 is 10.7 Å².